The molecule has 0 bridgehead atoms. The quantitative estimate of drug-likeness (QED) is 0.663. The summed E-state index contributed by atoms with van der Waals surface area (Å²) in [7, 11) is 1.52. The molecular formula is C11H21N3O3. The maximum Gasteiger partial charge on any atom is 0.309 e. The minimum atomic E-state index is -0.868. The van der Waals surface area contributed by atoms with Crippen LogP contribution >= 0.6 is 0 Å². The van der Waals surface area contributed by atoms with Crippen LogP contribution in [0.2, 0.25) is 0 Å². The molecule has 0 aromatic carbocycles. The Kier molecular flexibility index (Phi) is 6.38. The number of carbonyl (C=O) groups excluding carboxylic acids is 1. The first-order valence-corrected chi connectivity index (χ1v) is 5.65. The molecule has 6 nitrogen and oxygen atoms in total. The van der Waals surface area contributed by atoms with Crippen molar-refractivity contribution < 1.29 is 14.7 Å². The van der Waals surface area contributed by atoms with Gasteiger partial charge in [0, 0.05) is 13.6 Å². The predicted molar refractivity (Wildman–Crippen MR) is 63.9 cm³/mol. The minimum absolute atomic E-state index is 0.209. The van der Waals surface area contributed by atoms with E-state index in [9.17, 15) is 9.59 Å². The molecule has 1 atom stereocenters. The van der Waals surface area contributed by atoms with Crippen LogP contribution < -0.4 is 5.32 Å². The number of rotatable bonds is 7. The van der Waals surface area contributed by atoms with E-state index in [1.807, 2.05) is 6.92 Å². The van der Waals surface area contributed by atoms with E-state index >= 15 is 0 Å². The van der Waals surface area contributed by atoms with Crippen molar-refractivity contribution >= 4 is 11.9 Å². The molecule has 0 saturated heterocycles. The van der Waals surface area contributed by atoms with Gasteiger partial charge < -0.3 is 10.4 Å². The molecule has 0 aliphatic heterocycles. The number of nitrogens with zero attached hydrogens (tertiary/aromatic N) is 2. The summed E-state index contributed by atoms with van der Waals surface area (Å²) in [6.07, 6.45) is 0.958. The van der Waals surface area contributed by atoms with Gasteiger partial charge in [0.1, 0.15) is 6.04 Å². The SMILES string of the molecule is CCC(N=NC)C(=O)NCCC(C)(C)C(=O)O. The van der Waals surface area contributed by atoms with Gasteiger partial charge in [-0.1, -0.05) is 6.92 Å². The summed E-state index contributed by atoms with van der Waals surface area (Å²) in [6.45, 7) is 5.43. The van der Waals surface area contributed by atoms with Gasteiger partial charge in [-0.3, -0.25) is 9.59 Å². The normalized spacial score (nSPS) is 13.6. The van der Waals surface area contributed by atoms with Crippen LogP contribution in [0.15, 0.2) is 10.2 Å². The lowest BCUT2D eigenvalue weighted by Gasteiger charge is -2.19. The Morgan fingerprint density at radius 1 is 1.41 bits per heavy atom. The summed E-state index contributed by atoms with van der Waals surface area (Å²) >= 11 is 0. The molecular weight excluding hydrogens is 222 g/mol. The number of aliphatic carboxylic acids is 1. The molecule has 98 valence electrons. The van der Waals surface area contributed by atoms with Gasteiger partial charge in [-0.2, -0.15) is 10.2 Å². The zero-order valence-corrected chi connectivity index (χ0v) is 10.9. The van der Waals surface area contributed by atoms with Gasteiger partial charge >= 0.3 is 5.97 Å². The van der Waals surface area contributed by atoms with E-state index in [0.717, 1.165) is 0 Å². The van der Waals surface area contributed by atoms with Gasteiger partial charge in [-0.15, -0.1) is 0 Å². The Morgan fingerprint density at radius 3 is 2.41 bits per heavy atom. The predicted octanol–water partition coefficient (Wildman–Crippen LogP) is 1.46. The van der Waals surface area contributed by atoms with Crippen LogP contribution in [0.25, 0.3) is 0 Å². The molecule has 1 unspecified atom stereocenters. The summed E-state index contributed by atoms with van der Waals surface area (Å²) in [6, 6.07) is -0.479. The molecule has 0 fully saturated rings. The number of hydrogen-bond donors (Lipinski definition) is 2. The second-order valence-corrected chi connectivity index (χ2v) is 4.47. The van der Waals surface area contributed by atoms with E-state index in [-0.39, 0.29) is 5.91 Å². The Balaban J connectivity index is 4.13. The van der Waals surface area contributed by atoms with Gasteiger partial charge in [0.2, 0.25) is 5.91 Å². The summed E-state index contributed by atoms with van der Waals surface area (Å²) < 4.78 is 0. The molecule has 0 rings (SSSR count). The van der Waals surface area contributed by atoms with Crippen LogP contribution in [-0.4, -0.2) is 36.6 Å². The van der Waals surface area contributed by atoms with Gasteiger partial charge in [-0.25, -0.2) is 0 Å². The fraction of sp³-hybridized carbons (Fsp3) is 0.818. The average Bonchev–Trinajstić information content (AvgIpc) is 2.25. The smallest absolute Gasteiger partial charge is 0.309 e. The fourth-order valence-corrected chi connectivity index (χ4v) is 1.18. The van der Waals surface area contributed by atoms with Crippen molar-refractivity contribution in [1.82, 2.24) is 5.32 Å². The molecule has 17 heavy (non-hydrogen) atoms. The van der Waals surface area contributed by atoms with E-state index in [1.54, 1.807) is 13.8 Å². The Labute approximate surface area is 102 Å². The van der Waals surface area contributed by atoms with E-state index in [1.165, 1.54) is 7.05 Å². The highest BCUT2D eigenvalue weighted by molar-refractivity contribution is 5.81. The first-order chi connectivity index (χ1) is 7.85. The van der Waals surface area contributed by atoms with E-state index in [4.69, 9.17) is 5.11 Å². The van der Waals surface area contributed by atoms with Crippen LogP contribution in [0.3, 0.4) is 0 Å². The highest BCUT2D eigenvalue weighted by Crippen LogP contribution is 2.19. The summed E-state index contributed by atoms with van der Waals surface area (Å²) in [5, 5.41) is 18.9. The summed E-state index contributed by atoms with van der Waals surface area (Å²) in [5.74, 6) is -1.08. The third-order valence-electron chi connectivity index (χ3n) is 2.57. The molecule has 0 saturated carbocycles. The number of carbonyl (C=O) groups is 2. The van der Waals surface area contributed by atoms with Gasteiger partial charge in [0.05, 0.1) is 5.41 Å². The molecule has 0 aromatic heterocycles. The molecule has 0 heterocycles. The van der Waals surface area contributed by atoms with Crippen LogP contribution in [0.1, 0.15) is 33.6 Å². The molecule has 0 aromatic rings. The lowest BCUT2D eigenvalue weighted by Crippen LogP contribution is -2.36. The maximum atomic E-state index is 11.6. The van der Waals surface area contributed by atoms with Crippen LogP contribution in [0.4, 0.5) is 0 Å². The molecule has 6 heteroatoms. The Bertz CT molecular complexity index is 300. The molecule has 0 radical (unpaired) electrons. The highest BCUT2D eigenvalue weighted by atomic mass is 16.4. The zero-order chi connectivity index (χ0) is 13.5. The van der Waals surface area contributed by atoms with Gasteiger partial charge in [0.25, 0.3) is 0 Å². The number of hydrogen-bond acceptors (Lipinski definition) is 4. The first-order valence-electron chi connectivity index (χ1n) is 5.65. The lowest BCUT2D eigenvalue weighted by molar-refractivity contribution is -0.147. The standard InChI is InChI=1S/C11H21N3O3/c1-5-8(14-12-4)9(15)13-7-6-11(2,3)10(16)17/h8H,5-7H2,1-4H3,(H,13,15)(H,16,17). The second kappa shape index (κ2) is 6.98. The highest BCUT2D eigenvalue weighted by Gasteiger charge is 2.27. The zero-order valence-electron chi connectivity index (χ0n) is 10.9. The average molecular weight is 243 g/mol. The summed E-state index contributed by atoms with van der Waals surface area (Å²) in [5.41, 5.74) is -0.832. The fourth-order valence-electron chi connectivity index (χ4n) is 1.18. The van der Waals surface area contributed by atoms with Crippen molar-refractivity contribution in [2.75, 3.05) is 13.6 Å². The topological polar surface area (TPSA) is 91.1 Å². The number of carboxylic acid groups (broad SMARTS) is 1. The van der Waals surface area contributed by atoms with E-state index < -0.39 is 17.4 Å². The molecule has 2 N–H and O–H groups in total. The van der Waals surface area contributed by atoms with Gasteiger partial charge in [0.15, 0.2) is 0 Å². The van der Waals surface area contributed by atoms with Crippen molar-refractivity contribution in [3.63, 3.8) is 0 Å². The van der Waals surface area contributed by atoms with Crippen LogP contribution in [0, 0.1) is 5.41 Å². The molecule has 1 amide bonds. The molecule has 0 aliphatic rings. The van der Waals surface area contributed by atoms with Crippen LogP contribution in [0.5, 0.6) is 0 Å². The third-order valence-corrected chi connectivity index (χ3v) is 2.57. The van der Waals surface area contributed by atoms with Crippen molar-refractivity contribution in [3.05, 3.63) is 0 Å². The van der Waals surface area contributed by atoms with Gasteiger partial charge in [-0.05, 0) is 26.7 Å². The number of amides is 1. The molecule has 0 spiro atoms. The number of carboxylic acids is 1. The second-order valence-electron chi connectivity index (χ2n) is 4.47. The van der Waals surface area contributed by atoms with E-state index in [0.29, 0.717) is 19.4 Å². The third kappa shape index (κ3) is 5.42. The monoisotopic (exact) mass is 243 g/mol. The summed E-state index contributed by atoms with van der Waals surface area (Å²) in [4.78, 5) is 22.5. The largest absolute Gasteiger partial charge is 0.481 e. The maximum absolute atomic E-state index is 11.6. The Morgan fingerprint density at radius 2 is 2.00 bits per heavy atom. The van der Waals surface area contributed by atoms with Crippen molar-refractivity contribution in [1.29, 1.82) is 0 Å². The lowest BCUT2D eigenvalue weighted by atomic mass is 9.90. The molecule has 0 aliphatic carbocycles. The first kappa shape index (κ1) is 15.5. The Hall–Kier alpha value is -1.46. The minimum Gasteiger partial charge on any atom is -0.481 e. The van der Waals surface area contributed by atoms with Crippen molar-refractivity contribution in [2.45, 2.75) is 39.7 Å². The van der Waals surface area contributed by atoms with Crippen molar-refractivity contribution in [3.8, 4) is 0 Å². The van der Waals surface area contributed by atoms with Crippen LogP contribution in [-0.2, 0) is 9.59 Å². The number of nitrogens with one attached hydrogen (secondary N) is 1. The van der Waals surface area contributed by atoms with E-state index in [2.05, 4.69) is 15.5 Å². The van der Waals surface area contributed by atoms with Crippen molar-refractivity contribution in [2.24, 2.45) is 15.6 Å². The number of azo groups is 1.